The molecule has 252 valence electrons. The Balaban J connectivity index is 1.55. The number of rotatable bonds is 9. The Morgan fingerprint density at radius 3 is 1.56 bits per heavy atom. The van der Waals surface area contributed by atoms with Crippen LogP contribution < -0.4 is 0 Å². The van der Waals surface area contributed by atoms with E-state index < -0.39 is 143 Å². The van der Waals surface area contributed by atoms with E-state index in [2.05, 4.69) is 0 Å². The van der Waals surface area contributed by atoms with E-state index in [0.717, 1.165) is 0 Å². The molecule has 0 unspecified atom stereocenters. The molecule has 4 fully saturated rings. The van der Waals surface area contributed by atoms with E-state index in [4.69, 9.17) is 33.2 Å². The zero-order valence-electron chi connectivity index (χ0n) is 22.5. The lowest BCUT2D eigenvalue weighted by Crippen LogP contribution is -2.67. The van der Waals surface area contributed by atoms with Gasteiger partial charge in [-0.25, -0.2) is 0 Å². The third-order valence-electron chi connectivity index (χ3n) is 7.82. The molecular formula is C23H40O20. The predicted molar refractivity (Wildman–Crippen MR) is 128 cm³/mol. The van der Waals surface area contributed by atoms with Crippen LogP contribution in [-0.2, 0) is 33.2 Å². The van der Waals surface area contributed by atoms with Gasteiger partial charge < -0.3 is 99.5 Å². The molecule has 43 heavy (non-hydrogen) atoms. The SMILES string of the molecule is OC[C@@H]1O[C@H](O[C@@H]2[C@H](O)[C@H](O[C@H]3O[C@@H](CO)[C@@H](O)[C@@H](O)[C@H]3O[C@@H]3OC[C@@H](O)[C@@H](O)[C@@H]3O)[C@H](CO)O[C@@H]2O)[C@H](O)[C@H](O)[C@@H]1O. The molecule has 0 saturated carbocycles. The Morgan fingerprint density at radius 2 is 0.953 bits per heavy atom. The fraction of sp³-hybridized carbons (Fsp3) is 1.00. The molecule has 0 aromatic heterocycles. The summed E-state index contributed by atoms with van der Waals surface area (Å²) in [6.45, 7) is -3.01. The van der Waals surface area contributed by atoms with Gasteiger partial charge in [-0.1, -0.05) is 0 Å². The lowest BCUT2D eigenvalue weighted by atomic mass is 9.96. The molecule has 4 rings (SSSR count). The van der Waals surface area contributed by atoms with Crippen LogP contribution in [0.4, 0.5) is 0 Å². The fourth-order valence-corrected chi connectivity index (χ4v) is 5.23. The largest absolute Gasteiger partial charge is 0.394 e. The van der Waals surface area contributed by atoms with Crippen molar-refractivity contribution in [3.8, 4) is 0 Å². The van der Waals surface area contributed by atoms with Crippen LogP contribution in [-0.4, -0.2) is 210 Å². The molecule has 0 aromatic carbocycles. The second kappa shape index (κ2) is 14.7. The summed E-state index contributed by atoms with van der Waals surface area (Å²) in [5, 5.41) is 132. The first-order valence-corrected chi connectivity index (χ1v) is 13.5. The summed E-state index contributed by atoms with van der Waals surface area (Å²) < 4.78 is 38.0. The van der Waals surface area contributed by atoms with Gasteiger partial charge in [0.25, 0.3) is 0 Å². The molecule has 0 aromatic rings. The monoisotopic (exact) mass is 636 g/mol. The summed E-state index contributed by atoms with van der Waals surface area (Å²) >= 11 is 0. The molecule has 0 radical (unpaired) electrons. The highest BCUT2D eigenvalue weighted by atomic mass is 16.8. The van der Waals surface area contributed by atoms with Crippen LogP contribution >= 0.6 is 0 Å². The molecular weight excluding hydrogens is 596 g/mol. The lowest BCUT2D eigenvalue weighted by Gasteiger charge is -2.49. The molecule has 20 nitrogen and oxygen atoms in total. The van der Waals surface area contributed by atoms with Crippen LogP contribution in [0.25, 0.3) is 0 Å². The number of aliphatic hydroxyl groups is 13. The van der Waals surface area contributed by atoms with Crippen molar-refractivity contribution in [3.05, 3.63) is 0 Å². The van der Waals surface area contributed by atoms with Gasteiger partial charge in [0.15, 0.2) is 25.2 Å². The van der Waals surface area contributed by atoms with Crippen molar-refractivity contribution in [3.63, 3.8) is 0 Å². The van der Waals surface area contributed by atoms with Crippen LogP contribution in [0.5, 0.6) is 0 Å². The van der Waals surface area contributed by atoms with E-state index in [0.29, 0.717) is 0 Å². The van der Waals surface area contributed by atoms with Crippen LogP contribution in [0.1, 0.15) is 0 Å². The quantitative estimate of drug-likeness (QED) is 0.112. The van der Waals surface area contributed by atoms with Crippen molar-refractivity contribution >= 4 is 0 Å². The van der Waals surface area contributed by atoms with E-state index in [1.54, 1.807) is 0 Å². The maximum Gasteiger partial charge on any atom is 0.187 e. The van der Waals surface area contributed by atoms with E-state index in [-0.39, 0.29) is 0 Å². The van der Waals surface area contributed by atoms with E-state index >= 15 is 0 Å². The van der Waals surface area contributed by atoms with E-state index in [9.17, 15) is 66.4 Å². The van der Waals surface area contributed by atoms with Crippen molar-refractivity contribution in [1.29, 1.82) is 0 Å². The average Bonchev–Trinajstić information content (AvgIpc) is 2.99. The fourth-order valence-electron chi connectivity index (χ4n) is 5.23. The predicted octanol–water partition coefficient (Wildman–Crippen LogP) is -9.11. The highest BCUT2D eigenvalue weighted by Crippen LogP contribution is 2.34. The first-order chi connectivity index (χ1) is 20.3. The zero-order chi connectivity index (χ0) is 31.7. The van der Waals surface area contributed by atoms with Gasteiger partial charge >= 0.3 is 0 Å². The Kier molecular flexibility index (Phi) is 12.0. The summed E-state index contributed by atoms with van der Waals surface area (Å²) in [7, 11) is 0. The van der Waals surface area contributed by atoms with Crippen LogP contribution in [0.2, 0.25) is 0 Å². The van der Waals surface area contributed by atoms with Gasteiger partial charge in [0.1, 0.15) is 91.6 Å². The van der Waals surface area contributed by atoms with Gasteiger partial charge in [0.2, 0.25) is 0 Å². The number of aliphatic hydroxyl groups excluding tert-OH is 13. The summed E-state index contributed by atoms with van der Waals surface area (Å²) in [5.74, 6) is 0. The highest BCUT2D eigenvalue weighted by Gasteiger charge is 2.55. The zero-order valence-corrected chi connectivity index (χ0v) is 22.5. The maximum atomic E-state index is 11.2. The third-order valence-corrected chi connectivity index (χ3v) is 7.82. The van der Waals surface area contributed by atoms with Crippen molar-refractivity contribution < 1.29 is 99.5 Å². The van der Waals surface area contributed by atoms with Crippen molar-refractivity contribution in [2.45, 2.75) is 117 Å². The second-order valence-corrected chi connectivity index (χ2v) is 10.7. The molecule has 4 aliphatic rings. The number of hydrogen-bond donors (Lipinski definition) is 13. The highest BCUT2D eigenvalue weighted by molar-refractivity contribution is 4.97. The van der Waals surface area contributed by atoms with Crippen LogP contribution in [0, 0.1) is 0 Å². The molecule has 19 atom stereocenters. The van der Waals surface area contributed by atoms with E-state index in [1.807, 2.05) is 0 Å². The number of hydrogen-bond acceptors (Lipinski definition) is 20. The third kappa shape index (κ3) is 7.13. The van der Waals surface area contributed by atoms with Crippen molar-refractivity contribution in [2.75, 3.05) is 26.4 Å². The lowest BCUT2D eigenvalue weighted by molar-refractivity contribution is -0.394. The summed E-state index contributed by atoms with van der Waals surface area (Å²) in [6.07, 6.45) is -33.3. The summed E-state index contributed by atoms with van der Waals surface area (Å²) in [5.41, 5.74) is 0. The normalized spacial score (nSPS) is 53.1. The summed E-state index contributed by atoms with van der Waals surface area (Å²) in [6, 6.07) is 0. The number of ether oxygens (including phenoxy) is 7. The molecule has 4 heterocycles. The Morgan fingerprint density at radius 1 is 0.442 bits per heavy atom. The van der Waals surface area contributed by atoms with E-state index in [1.165, 1.54) is 0 Å². The van der Waals surface area contributed by atoms with Crippen LogP contribution in [0.3, 0.4) is 0 Å². The minimum atomic E-state index is -2.00. The minimum absolute atomic E-state index is 0.490. The maximum absolute atomic E-state index is 11.2. The molecule has 20 heteroatoms. The first kappa shape index (κ1) is 35.1. The van der Waals surface area contributed by atoms with Gasteiger partial charge in [-0.3, -0.25) is 0 Å². The summed E-state index contributed by atoms with van der Waals surface area (Å²) in [4.78, 5) is 0. The average molecular weight is 637 g/mol. The Bertz CT molecular complexity index is 869. The van der Waals surface area contributed by atoms with Crippen molar-refractivity contribution in [1.82, 2.24) is 0 Å². The molecule has 0 bridgehead atoms. The topological polar surface area (TPSA) is 328 Å². The van der Waals surface area contributed by atoms with Gasteiger partial charge in [0.05, 0.1) is 26.4 Å². The molecule has 0 aliphatic carbocycles. The van der Waals surface area contributed by atoms with Gasteiger partial charge in [0, 0.05) is 0 Å². The standard InChI is InChI=1S/C23H40O20/c24-1-6-10(29)12(31)15(34)22(39-6)42-18-16(35)17(8(3-26)38-20(18)36)41-23-19(13(32)11(30)7(2-25)40-23)43-21-14(33)9(28)5(27)4-37-21/h5-36H,1-4H2/t5-,6+,7+,8+,9-,10-,11-,12-,13-,14+,15-,16-,17-,18-,19-,20+,21+,22-,23-/m1/s1. The van der Waals surface area contributed by atoms with Crippen molar-refractivity contribution in [2.24, 2.45) is 0 Å². The van der Waals surface area contributed by atoms with Gasteiger partial charge in [-0.2, -0.15) is 0 Å². The Hall–Kier alpha value is -0.800. The molecule has 4 saturated heterocycles. The smallest absolute Gasteiger partial charge is 0.187 e. The molecule has 0 amide bonds. The van der Waals surface area contributed by atoms with Crippen LogP contribution in [0.15, 0.2) is 0 Å². The first-order valence-electron chi connectivity index (χ1n) is 13.5. The molecule has 13 N–H and O–H groups in total. The second-order valence-electron chi connectivity index (χ2n) is 10.7. The Labute approximate surface area is 243 Å². The van der Waals surface area contributed by atoms with Gasteiger partial charge in [-0.15, -0.1) is 0 Å². The molecule has 0 spiro atoms. The minimum Gasteiger partial charge on any atom is -0.394 e. The molecule has 4 aliphatic heterocycles. The van der Waals surface area contributed by atoms with Gasteiger partial charge in [-0.05, 0) is 0 Å².